The fourth-order valence-corrected chi connectivity index (χ4v) is 3.15. The van der Waals surface area contributed by atoms with E-state index >= 15 is 0 Å². The highest BCUT2D eigenvalue weighted by Gasteiger charge is 2.21. The molecule has 2 rings (SSSR count). The van der Waals surface area contributed by atoms with E-state index in [1.807, 2.05) is 37.3 Å². The summed E-state index contributed by atoms with van der Waals surface area (Å²) in [6.07, 6.45) is 0.848. The third kappa shape index (κ3) is 5.65. The number of nitrogens with two attached hydrogens (primary N) is 1. The van der Waals surface area contributed by atoms with Crippen molar-refractivity contribution in [1.82, 2.24) is 5.32 Å². The molecule has 0 radical (unpaired) electrons. The van der Waals surface area contributed by atoms with Crippen molar-refractivity contribution in [1.29, 1.82) is 0 Å². The van der Waals surface area contributed by atoms with E-state index in [0.717, 1.165) is 22.6 Å². The molecule has 3 N–H and O–H groups in total. The zero-order chi connectivity index (χ0) is 17.4. The van der Waals surface area contributed by atoms with Crippen LogP contribution in [-0.2, 0) is 4.79 Å². The van der Waals surface area contributed by atoms with Gasteiger partial charge in [-0.15, -0.1) is 11.8 Å². The molecule has 2 aromatic rings. The number of thioether (sulfide) groups is 1. The SMILES string of the molecule is CC(C(=O)NCCCSc1ccc(F)cc1)C(N)c1ccccc1. The number of hydrogen-bond donors (Lipinski definition) is 2. The second-order valence-corrected chi connectivity index (χ2v) is 6.84. The lowest BCUT2D eigenvalue weighted by Crippen LogP contribution is -2.36. The van der Waals surface area contributed by atoms with Gasteiger partial charge in [-0.05, 0) is 42.0 Å². The van der Waals surface area contributed by atoms with E-state index in [2.05, 4.69) is 5.32 Å². The van der Waals surface area contributed by atoms with E-state index < -0.39 is 0 Å². The van der Waals surface area contributed by atoms with Crippen LogP contribution in [0.4, 0.5) is 4.39 Å². The Hall–Kier alpha value is -1.85. The van der Waals surface area contributed by atoms with Crippen molar-refractivity contribution in [2.24, 2.45) is 11.7 Å². The van der Waals surface area contributed by atoms with Crippen LogP contribution in [0.1, 0.15) is 24.9 Å². The number of benzene rings is 2. The first-order valence-electron chi connectivity index (χ1n) is 8.04. The van der Waals surface area contributed by atoms with Crippen LogP contribution < -0.4 is 11.1 Å². The van der Waals surface area contributed by atoms with Crippen LogP contribution in [0.15, 0.2) is 59.5 Å². The summed E-state index contributed by atoms with van der Waals surface area (Å²) in [7, 11) is 0. The van der Waals surface area contributed by atoms with E-state index in [1.165, 1.54) is 12.1 Å². The number of amides is 1. The van der Waals surface area contributed by atoms with Gasteiger partial charge in [0.25, 0.3) is 0 Å². The molecule has 2 atom stereocenters. The van der Waals surface area contributed by atoms with Crippen LogP contribution in [0.2, 0.25) is 0 Å². The van der Waals surface area contributed by atoms with Gasteiger partial charge in [-0.3, -0.25) is 4.79 Å². The molecule has 0 heterocycles. The zero-order valence-corrected chi connectivity index (χ0v) is 14.6. The Kier molecular flexibility index (Phi) is 7.28. The predicted molar refractivity (Wildman–Crippen MR) is 97.3 cm³/mol. The summed E-state index contributed by atoms with van der Waals surface area (Å²) in [4.78, 5) is 13.2. The van der Waals surface area contributed by atoms with Gasteiger partial charge in [0.15, 0.2) is 0 Å². The molecular formula is C19H23FN2OS. The van der Waals surface area contributed by atoms with Crippen LogP contribution in [-0.4, -0.2) is 18.2 Å². The van der Waals surface area contributed by atoms with Gasteiger partial charge in [-0.25, -0.2) is 4.39 Å². The summed E-state index contributed by atoms with van der Waals surface area (Å²) in [6.45, 7) is 2.46. The Morgan fingerprint density at radius 2 is 1.83 bits per heavy atom. The summed E-state index contributed by atoms with van der Waals surface area (Å²) < 4.78 is 12.8. The maximum Gasteiger partial charge on any atom is 0.224 e. The minimum Gasteiger partial charge on any atom is -0.356 e. The first kappa shape index (κ1) is 18.5. The van der Waals surface area contributed by atoms with Crippen molar-refractivity contribution in [2.45, 2.75) is 24.3 Å². The van der Waals surface area contributed by atoms with E-state index in [4.69, 9.17) is 5.73 Å². The Bertz CT molecular complexity index is 634. The number of rotatable bonds is 8. The fourth-order valence-electron chi connectivity index (χ4n) is 2.29. The Morgan fingerprint density at radius 3 is 2.50 bits per heavy atom. The van der Waals surface area contributed by atoms with Gasteiger partial charge in [0.1, 0.15) is 5.82 Å². The first-order chi connectivity index (χ1) is 11.6. The Morgan fingerprint density at radius 1 is 1.17 bits per heavy atom. The van der Waals surface area contributed by atoms with Crippen molar-refractivity contribution in [3.63, 3.8) is 0 Å². The van der Waals surface area contributed by atoms with Crippen molar-refractivity contribution in [2.75, 3.05) is 12.3 Å². The molecule has 0 saturated heterocycles. The topological polar surface area (TPSA) is 55.1 Å². The first-order valence-corrected chi connectivity index (χ1v) is 9.03. The van der Waals surface area contributed by atoms with Gasteiger partial charge < -0.3 is 11.1 Å². The normalized spacial score (nSPS) is 13.3. The van der Waals surface area contributed by atoms with Crippen molar-refractivity contribution in [3.8, 4) is 0 Å². The fraction of sp³-hybridized carbons (Fsp3) is 0.316. The van der Waals surface area contributed by atoms with E-state index in [-0.39, 0.29) is 23.7 Å². The molecule has 0 spiro atoms. The second-order valence-electron chi connectivity index (χ2n) is 5.67. The summed E-state index contributed by atoms with van der Waals surface area (Å²) in [5.74, 6) is 0.330. The number of nitrogens with one attached hydrogen (secondary N) is 1. The van der Waals surface area contributed by atoms with E-state index in [0.29, 0.717) is 6.54 Å². The highest BCUT2D eigenvalue weighted by atomic mass is 32.2. The monoisotopic (exact) mass is 346 g/mol. The summed E-state index contributed by atoms with van der Waals surface area (Å²) in [6, 6.07) is 15.8. The predicted octanol–water partition coefficient (Wildman–Crippen LogP) is 3.76. The molecule has 1 amide bonds. The molecule has 2 unspecified atom stereocenters. The molecule has 0 bridgehead atoms. The van der Waals surface area contributed by atoms with Gasteiger partial charge in [0.2, 0.25) is 5.91 Å². The molecule has 0 aliphatic heterocycles. The van der Waals surface area contributed by atoms with Crippen LogP contribution in [0, 0.1) is 11.7 Å². The zero-order valence-electron chi connectivity index (χ0n) is 13.7. The smallest absolute Gasteiger partial charge is 0.224 e. The Balaban J connectivity index is 1.68. The molecule has 0 fully saturated rings. The van der Waals surface area contributed by atoms with Gasteiger partial charge >= 0.3 is 0 Å². The minimum atomic E-state index is -0.306. The lowest BCUT2D eigenvalue weighted by atomic mass is 9.95. The molecule has 24 heavy (non-hydrogen) atoms. The average molecular weight is 346 g/mol. The van der Waals surface area contributed by atoms with E-state index in [1.54, 1.807) is 23.9 Å². The largest absolute Gasteiger partial charge is 0.356 e. The molecule has 0 aliphatic carbocycles. The standard InChI is InChI=1S/C19H23FN2OS/c1-14(18(21)15-6-3-2-4-7-15)19(23)22-12-5-13-24-17-10-8-16(20)9-11-17/h2-4,6-11,14,18H,5,12-13,21H2,1H3,(H,22,23). The molecule has 3 nitrogen and oxygen atoms in total. The van der Waals surface area contributed by atoms with Gasteiger partial charge in [-0.2, -0.15) is 0 Å². The quantitative estimate of drug-likeness (QED) is 0.565. The summed E-state index contributed by atoms with van der Waals surface area (Å²) >= 11 is 1.65. The lowest BCUT2D eigenvalue weighted by Gasteiger charge is -2.19. The second kappa shape index (κ2) is 9.45. The summed E-state index contributed by atoms with van der Waals surface area (Å²) in [5, 5.41) is 2.94. The van der Waals surface area contributed by atoms with Crippen LogP contribution in [0.25, 0.3) is 0 Å². The van der Waals surface area contributed by atoms with Gasteiger partial charge in [0, 0.05) is 17.5 Å². The van der Waals surface area contributed by atoms with Gasteiger partial charge in [-0.1, -0.05) is 37.3 Å². The van der Waals surface area contributed by atoms with E-state index in [9.17, 15) is 9.18 Å². The van der Waals surface area contributed by atoms with Crippen LogP contribution in [0.5, 0.6) is 0 Å². The Labute approximate surface area is 146 Å². The van der Waals surface area contributed by atoms with Crippen molar-refractivity contribution in [3.05, 3.63) is 66.0 Å². The van der Waals surface area contributed by atoms with Crippen molar-refractivity contribution < 1.29 is 9.18 Å². The average Bonchev–Trinajstić information content (AvgIpc) is 2.62. The highest BCUT2D eigenvalue weighted by Crippen LogP contribution is 2.20. The summed E-state index contributed by atoms with van der Waals surface area (Å²) in [5.41, 5.74) is 7.13. The maximum atomic E-state index is 12.8. The number of carbonyl (C=O) groups is 1. The number of halogens is 1. The molecule has 0 aliphatic rings. The molecule has 5 heteroatoms. The number of hydrogen-bond acceptors (Lipinski definition) is 3. The molecular weight excluding hydrogens is 323 g/mol. The highest BCUT2D eigenvalue weighted by molar-refractivity contribution is 7.99. The molecule has 0 aromatic heterocycles. The van der Waals surface area contributed by atoms with Crippen molar-refractivity contribution >= 4 is 17.7 Å². The lowest BCUT2D eigenvalue weighted by molar-refractivity contribution is -0.125. The third-order valence-corrected chi connectivity index (χ3v) is 4.94. The molecule has 0 saturated carbocycles. The van der Waals surface area contributed by atoms with Gasteiger partial charge in [0.05, 0.1) is 5.92 Å². The van der Waals surface area contributed by atoms with Crippen LogP contribution in [0.3, 0.4) is 0 Å². The van der Waals surface area contributed by atoms with Crippen LogP contribution >= 0.6 is 11.8 Å². The maximum absolute atomic E-state index is 12.8. The molecule has 2 aromatic carbocycles. The minimum absolute atomic E-state index is 0.0295. The number of carbonyl (C=O) groups excluding carboxylic acids is 1. The molecule has 128 valence electrons. The third-order valence-electron chi connectivity index (χ3n) is 3.84.